The average molecular weight is 196 g/mol. The van der Waals surface area contributed by atoms with E-state index >= 15 is 0 Å². The van der Waals surface area contributed by atoms with Gasteiger partial charge in [-0.1, -0.05) is 25.3 Å². The van der Waals surface area contributed by atoms with Crippen molar-refractivity contribution in [3.8, 4) is 0 Å². The van der Waals surface area contributed by atoms with Crippen LogP contribution >= 0.6 is 11.8 Å². The summed E-state index contributed by atoms with van der Waals surface area (Å²) in [5.74, 6) is 0.900. The second-order valence-corrected chi connectivity index (χ2v) is 3.38. The fraction of sp³-hybridized carbons (Fsp3) is 0.300. The van der Waals surface area contributed by atoms with Gasteiger partial charge in [0.05, 0.1) is 10.7 Å². The molecule has 0 unspecified atom stereocenters. The summed E-state index contributed by atoms with van der Waals surface area (Å²) in [6.45, 7) is 9.71. The molecule has 0 aromatic rings. The first-order chi connectivity index (χ1) is 6.24. The van der Waals surface area contributed by atoms with Crippen LogP contribution in [0.15, 0.2) is 42.1 Å². The molecule has 0 aliphatic heterocycles. The third-order valence-corrected chi connectivity index (χ3v) is 2.21. The van der Waals surface area contributed by atoms with Crippen LogP contribution in [0.1, 0.15) is 6.92 Å². The lowest BCUT2D eigenvalue weighted by atomic mass is 10.5. The van der Waals surface area contributed by atoms with Crippen molar-refractivity contribution in [2.75, 3.05) is 12.3 Å². The van der Waals surface area contributed by atoms with E-state index in [2.05, 4.69) is 24.2 Å². The third kappa shape index (κ3) is 6.37. The Labute approximate surface area is 84.3 Å². The van der Waals surface area contributed by atoms with Gasteiger partial charge < -0.3 is 5.73 Å². The molecule has 0 fully saturated rings. The zero-order chi connectivity index (χ0) is 10.1. The molecule has 0 spiro atoms. The largest absolute Gasteiger partial charge is 0.325 e. The van der Waals surface area contributed by atoms with E-state index in [1.807, 2.05) is 13.0 Å². The second-order valence-electron chi connectivity index (χ2n) is 2.29. The molecule has 3 heteroatoms. The molecule has 0 rings (SSSR count). The number of hydrogen-bond donors (Lipinski definition) is 1. The lowest BCUT2D eigenvalue weighted by Crippen LogP contribution is -2.10. The Morgan fingerprint density at radius 3 is 2.77 bits per heavy atom. The summed E-state index contributed by atoms with van der Waals surface area (Å²) in [7, 11) is 0. The van der Waals surface area contributed by atoms with Crippen LogP contribution in [0.25, 0.3) is 0 Å². The Bertz CT molecular complexity index is 229. The maximum Gasteiger partial charge on any atom is 0.0877 e. The number of nitrogens with zero attached hydrogens (tertiary/aromatic N) is 1. The molecule has 2 nitrogen and oxygen atoms in total. The van der Waals surface area contributed by atoms with Gasteiger partial charge in [-0.15, -0.1) is 11.8 Å². The van der Waals surface area contributed by atoms with E-state index in [1.54, 1.807) is 17.8 Å². The molecule has 0 atom stereocenters. The van der Waals surface area contributed by atoms with Gasteiger partial charge in [-0.2, -0.15) is 0 Å². The van der Waals surface area contributed by atoms with Crippen LogP contribution in [-0.2, 0) is 0 Å². The van der Waals surface area contributed by atoms with Gasteiger partial charge in [0.2, 0.25) is 0 Å². The first kappa shape index (κ1) is 12.2. The molecule has 72 valence electrons. The molecule has 0 saturated heterocycles. The first-order valence-electron chi connectivity index (χ1n) is 4.07. The second kappa shape index (κ2) is 7.83. The molecule has 0 aromatic carbocycles. The van der Waals surface area contributed by atoms with E-state index in [-0.39, 0.29) is 0 Å². The summed E-state index contributed by atoms with van der Waals surface area (Å²) in [6.07, 6.45) is 5.68. The molecule has 0 bridgehead atoms. The molecule has 0 aliphatic carbocycles. The van der Waals surface area contributed by atoms with Gasteiger partial charge in [0.15, 0.2) is 0 Å². The highest BCUT2D eigenvalue weighted by Crippen LogP contribution is 2.06. The standard InChI is InChI=1S/C10H16N2S/c1-4-6-7-13-10(8-11)12-9(3)5-2/h4-6H,2-3,7-8,11H2,1H3/b6-4-,12-10?. The van der Waals surface area contributed by atoms with Gasteiger partial charge >= 0.3 is 0 Å². The third-order valence-electron chi connectivity index (χ3n) is 1.26. The number of allylic oxidation sites excluding steroid dienone is 2. The van der Waals surface area contributed by atoms with E-state index in [9.17, 15) is 0 Å². The molecule has 0 amide bonds. The zero-order valence-corrected chi connectivity index (χ0v) is 8.81. The maximum absolute atomic E-state index is 5.51. The van der Waals surface area contributed by atoms with Crippen LogP contribution in [0, 0.1) is 0 Å². The summed E-state index contributed by atoms with van der Waals surface area (Å²) in [5.41, 5.74) is 6.17. The van der Waals surface area contributed by atoms with Crippen LogP contribution in [0.2, 0.25) is 0 Å². The number of hydrogen-bond acceptors (Lipinski definition) is 3. The Kier molecular flexibility index (Phi) is 7.35. The lowest BCUT2D eigenvalue weighted by molar-refractivity contribution is 1.30. The molecule has 0 aliphatic rings. The zero-order valence-electron chi connectivity index (χ0n) is 7.99. The van der Waals surface area contributed by atoms with Gasteiger partial charge in [-0.05, 0) is 13.0 Å². The predicted molar refractivity (Wildman–Crippen MR) is 63.1 cm³/mol. The Morgan fingerprint density at radius 2 is 2.31 bits per heavy atom. The van der Waals surface area contributed by atoms with E-state index in [0.717, 1.165) is 10.8 Å². The molecule has 0 saturated carbocycles. The fourth-order valence-electron chi connectivity index (χ4n) is 0.583. The topological polar surface area (TPSA) is 38.4 Å². The maximum atomic E-state index is 5.51. The number of nitrogens with two attached hydrogens (primary N) is 1. The Balaban J connectivity index is 4.08. The smallest absolute Gasteiger partial charge is 0.0877 e. The highest BCUT2D eigenvalue weighted by molar-refractivity contribution is 8.14. The molecule has 0 radical (unpaired) electrons. The van der Waals surface area contributed by atoms with Crippen molar-refractivity contribution < 1.29 is 0 Å². The summed E-state index contributed by atoms with van der Waals surface area (Å²) >= 11 is 1.62. The van der Waals surface area contributed by atoms with Crippen molar-refractivity contribution in [3.63, 3.8) is 0 Å². The highest BCUT2D eigenvalue weighted by Gasteiger charge is 1.95. The minimum Gasteiger partial charge on any atom is -0.325 e. The van der Waals surface area contributed by atoms with Gasteiger partial charge in [0.25, 0.3) is 0 Å². The van der Waals surface area contributed by atoms with Crippen LogP contribution in [0.5, 0.6) is 0 Å². The minimum absolute atomic E-state index is 0.453. The van der Waals surface area contributed by atoms with Gasteiger partial charge in [0.1, 0.15) is 0 Å². The number of thioether (sulfide) groups is 1. The van der Waals surface area contributed by atoms with Crippen molar-refractivity contribution >= 4 is 16.8 Å². The quantitative estimate of drug-likeness (QED) is 0.317. The fourth-order valence-corrected chi connectivity index (χ4v) is 1.36. The summed E-state index contributed by atoms with van der Waals surface area (Å²) in [4.78, 5) is 4.19. The number of rotatable bonds is 5. The Morgan fingerprint density at radius 1 is 1.62 bits per heavy atom. The lowest BCUT2D eigenvalue weighted by Gasteiger charge is -2.00. The van der Waals surface area contributed by atoms with E-state index in [0.29, 0.717) is 12.2 Å². The monoisotopic (exact) mass is 196 g/mol. The average Bonchev–Trinajstić information content (AvgIpc) is 2.16. The normalized spacial score (nSPS) is 12.0. The van der Waals surface area contributed by atoms with Crippen molar-refractivity contribution in [2.45, 2.75) is 6.92 Å². The first-order valence-corrected chi connectivity index (χ1v) is 5.06. The van der Waals surface area contributed by atoms with Crippen molar-refractivity contribution in [3.05, 3.63) is 37.1 Å². The molecular formula is C10H16N2S. The molecular weight excluding hydrogens is 180 g/mol. The summed E-state index contributed by atoms with van der Waals surface area (Å²) in [5, 5.41) is 0.892. The highest BCUT2D eigenvalue weighted by atomic mass is 32.2. The van der Waals surface area contributed by atoms with Gasteiger partial charge in [-0.3, -0.25) is 0 Å². The van der Waals surface area contributed by atoms with Crippen molar-refractivity contribution in [2.24, 2.45) is 10.7 Å². The van der Waals surface area contributed by atoms with E-state index in [1.165, 1.54) is 0 Å². The van der Waals surface area contributed by atoms with E-state index in [4.69, 9.17) is 5.73 Å². The van der Waals surface area contributed by atoms with Crippen LogP contribution in [0.3, 0.4) is 0 Å². The number of aliphatic imine (C=N–C) groups is 1. The summed E-state index contributed by atoms with van der Waals surface area (Å²) in [6, 6.07) is 0. The molecule has 0 heterocycles. The Hall–Kier alpha value is -0.800. The minimum atomic E-state index is 0.453. The van der Waals surface area contributed by atoms with E-state index < -0.39 is 0 Å². The molecule has 0 aromatic heterocycles. The molecule has 2 N–H and O–H groups in total. The van der Waals surface area contributed by atoms with Gasteiger partial charge in [0, 0.05) is 12.3 Å². The molecule has 13 heavy (non-hydrogen) atoms. The van der Waals surface area contributed by atoms with Crippen LogP contribution in [-0.4, -0.2) is 17.3 Å². The van der Waals surface area contributed by atoms with Crippen molar-refractivity contribution in [1.82, 2.24) is 0 Å². The van der Waals surface area contributed by atoms with Gasteiger partial charge in [-0.25, -0.2) is 4.99 Å². The van der Waals surface area contributed by atoms with Crippen LogP contribution < -0.4 is 5.73 Å². The predicted octanol–water partition coefficient (Wildman–Crippen LogP) is 2.35. The van der Waals surface area contributed by atoms with Crippen molar-refractivity contribution in [1.29, 1.82) is 0 Å². The van der Waals surface area contributed by atoms with Crippen LogP contribution in [0.4, 0.5) is 0 Å². The summed E-state index contributed by atoms with van der Waals surface area (Å²) < 4.78 is 0. The SMILES string of the molecule is C=CC(=C)N=C(CN)SC/C=C\C.